The fourth-order valence-electron chi connectivity index (χ4n) is 5.10. The minimum atomic E-state index is -0.934. The number of hydrogen-bond donors (Lipinski definition) is 2. The zero-order chi connectivity index (χ0) is 26.8. The number of nitrogens with one attached hydrogen (secondary N) is 1. The predicted molar refractivity (Wildman–Crippen MR) is 153 cm³/mol. The second kappa shape index (κ2) is 11.0. The number of carboxylic acid groups (broad SMARTS) is 1. The number of nitrogens with zero attached hydrogens (tertiary/aromatic N) is 5. The molecule has 3 aromatic carbocycles. The molecule has 6 rings (SSSR count). The third-order valence-corrected chi connectivity index (χ3v) is 8.32. The largest absolute Gasteiger partial charge is 0.478 e. The molecule has 6 aromatic rings. The third-order valence-electron chi connectivity index (χ3n) is 6.97. The molecule has 0 fully saturated rings. The van der Waals surface area contributed by atoms with Gasteiger partial charge in [-0.05, 0) is 72.9 Å². The highest BCUT2D eigenvalue weighted by atomic mass is 35.5. The molecular formula is C29H25ClN6O2S. The molecule has 0 amide bonds. The van der Waals surface area contributed by atoms with Crippen molar-refractivity contribution in [2.24, 2.45) is 0 Å². The van der Waals surface area contributed by atoms with Crippen molar-refractivity contribution in [2.45, 2.75) is 38.6 Å². The minimum absolute atomic E-state index is 0.281. The van der Waals surface area contributed by atoms with Crippen LogP contribution in [0.3, 0.4) is 0 Å². The van der Waals surface area contributed by atoms with Gasteiger partial charge in [-0.15, -0.1) is 21.5 Å². The van der Waals surface area contributed by atoms with E-state index in [1.165, 1.54) is 16.0 Å². The highest BCUT2D eigenvalue weighted by molar-refractivity contribution is 7.18. The van der Waals surface area contributed by atoms with Crippen LogP contribution in [0.4, 0.5) is 0 Å². The number of aromatic nitrogens is 6. The van der Waals surface area contributed by atoms with Gasteiger partial charge in [0, 0.05) is 41.0 Å². The van der Waals surface area contributed by atoms with E-state index in [0.29, 0.717) is 23.8 Å². The van der Waals surface area contributed by atoms with Gasteiger partial charge in [-0.1, -0.05) is 41.1 Å². The van der Waals surface area contributed by atoms with E-state index in [9.17, 15) is 9.90 Å². The lowest BCUT2D eigenvalue weighted by molar-refractivity contribution is 0.0697. The summed E-state index contributed by atoms with van der Waals surface area (Å²) in [6, 6.07) is 21.5. The molecule has 8 nitrogen and oxygen atoms in total. The standard InChI is InChI=1S/C29H25ClN6O2S/c30-20-9-5-18(6-10-20)7-11-21-22-17-19(29(37)38)8-12-25(22)36(16-15-27-32-34-35-33-27)24(21)13-14-28-31-23-3-1-2-4-26(23)39-28/h1-6,8-10,12,17H,7,11,13-16H2,(H,37,38)(H,32,33,34,35). The summed E-state index contributed by atoms with van der Waals surface area (Å²) >= 11 is 7.83. The lowest BCUT2D eigenvalue weighted by Crippen LogP contribution is -2.09. The van der Waals surface area contributed by atoms with Gasteiger partial charge >= 0.3 is 5.97 Å². The summed E-state index contributed by atoms with van der Waals surface area (Å²) in [6.45, 7) is 0.651. The molecule has 39 heavy (non-hydrogen) atoms. The molecule has 0 saturated carbocycles. The number of fused-ring (bicyclic) bond motifs is 2. The van der Waals surface area contributed by atoms with Gasteiger partial charge in [0.2, 0.25) is 0 Å². The number of halogens is 1. The summed E-state index contributed by atoms with van der Waals surface area (Å²) in [5.74, 6) is -0.296. The highest BCUT2D eigenvalue weighted by Gasteiger charge is 2.20. The second-order valence-corrected chi connectivity index (χ2v) is 10.9. The van der Waals surface area contributed by atoms with Crippen molar-refractivity contribution in [3.8, 4) is 0 Å². The van der Waals surface area contributed by atoms with Gasteiger partial charge in [0.1, 0.15) is 0 Å². The molecule has 0 spiro atoms. The molecule has 0 aliphatic carbocycles. The number of carbonyl (C=O) groups is 1. The van der Waals surface area contributed by atoms with Crippen molar-refractivity contribution < 1.29 is 9.90 Å². The fraction of sp³-hybridized carbons (Fsp3) is 0.207. The smallest absolute Gasteiger partial charge is 0.335 e. The van der Waals surface area contributed by atoms with Gasteiger partial charge in [0.25, 0.3) is 0 Å². The third kappa shape index (κ3) is 5.41. The molecule has 0 saturated heterocycles. The van der Waals surface area contributed by atoms with E-state index in [1.54, 1.807) is 23.5 Å². The number of para-hydroxylation sites is 1. The topological polar surface area (TPSA) is 110 Å². The molecule has 0 bridgehead atoms. The van der Waals surface area contributed by atoms with Gasteiger partial charge in [0.15, 0.2) is 5.82 Å². The number of thiazole rings is 1. The number of aromatic amines is 1. The second-order valence-electron chi connectivity index (χ2n) is 9.39. The Labute approximate surface area is 233 Å². The van der Waals surface area contributed by atoms with Gasteiger partial charge in [-0.3, -0.25) is 0 Å². The van der Waals surface area contributed by atoms with E-state index in [-0.39, 0.29) is 5.56 Å². The Morgan fingerprint density at radius 1 is 0.974 bits per heavy atom. The Balaban J connectivity index is 1.41. The van der Waals surface area contributed by atoms with Crippen LogP contribution >= 0.6 is 22.9 Å². The Morgan fingerprint density at radius 2 is 1.82 bits per heavy atom. The van der Waals surface area contributed by atoms with Crippen molar-refractivity contribution in [1.29, 1.82) is 0 Å². The van der Waals surface area contributed by atoms with Gasteiger partial charge < -0.3 is 9.67 Å². The van der Waals surface area contributed by atoms with Crippen molar-refractivity contribution >= 4 is 50.0 Å². The minimum Gasteiger partial charge on any atom is -0.478 e. The molecular weight excluding hydrogens is 532 g/mol. The average Bonchev–Trinajstić information content (AvgIpc) is 3.67. The van der Waals surface area contributed by atoms with Crippen LogP contribution in [-0.2, 0) is 38.6 Å². The van der Waals surface area contributed by atoms with Crippen LogP contribution in [0.1, 0.15) is 38.0 Å². The van der Waals surface area contributed by atoms with E-state index in [0.717, 1.165) is 52.7 Å². The fourth-order valence-corrected chi connectivity index (χ4v) is 6.20. The molecule has 0 atom stereocenters. The summed E-state index contributed by atoms with van der Waals surface area (Å²) in [7, 11) is 0. The van der Waals surface area contributed by atoms with Gasteiger partial charge in [0.05, 0.1) is 20.8 Å². The van der Waals surface area contributed by atoms with Crippen LogP contribution in [-0.4, -0.2) is 41.3 Å². The maximum Gasteiger partial charge on any atom is 0.335 e. The summed E-state index contributed by atoms with van der Waals surface area (Å²) in [5, 5.41) is 27.0. The highest BCUT2D eigenvalue weighted by Crippen LogP contribution is 2.31. The number of carboxylic acids is 1. The molecule has 0 unspecified atom stereocenters. The first-order chi connectivity index (χ1) is 19.0. The van der Waals surface area contributed by atoms with E-state index < -0.39 is 5.97 Å². The van der Waals surface area contributed by atoms with E-state index in [2.05, 4.69) is 31.3 Å². The number of tetrazole rings is 1. The molecule has 0 aliphatic rings. The van der Waals surface area contributed by atoms with Crippen LogP contribution in [0.5, 0.6) is 0 Å². The summed E-state index contributed by atoms with van der Waals surface area (Å²) in [4.78, 5) is 16.7. The molecule has 3 aromatic heterocycles. The Morgan fingerprint density at radius 3 is 2.59 bits per heavy atom. The lowest BCUT2D eigenvalue weighted by atomic mass is 9.99. The summed E-state index contributed by atoms with van der Waals surface area (Å²) in [5.41, 5.74) is 5.83. The Bertz CT molecular complexity index is 1730. The molecule has 196 valence electrons. The van der Waals surface area contributed by atoms with E-state index in [4.69, 9.17) is 16.6 Å². The SMILES string of the molecule is O=C(O)c1ccc2c(c1)c(CCc1ccc(Cl)cc1)c(CCc1nc3ccccc3s1)n2CCc1nn[nH]n1. The predicted octanol–water partition coefficient (Wildman–Crippen LogP) is 5.93. The average molecular weight is 557 g/mol. The quantitative estimate of drug-likeness (QED) is 0.216. The maximum absolute atomic E-state index is 11.9. The van der Waals surface area contributed by atoms with Crippen molar-refractivity contribution in [2.75, 3.05) is 0 Å². The first kappa shape index (κ1) is 25.2. The maximum atomic E-state index is 11.9. The first-order valence-corrected chi connectivity index (χ1v) is 13.9. The van der Waals surface area contributed by atoms with Crippen molar-refractivity contribution in [3.05, 3.63) is 105 Å². The number of aryl methyl sites for hydroxylation is 5. The molecule has 0 radical (unpaired) electrons. The van der Waals surface area contributed by atoms with E-state index >= 15 is 0 Å². The summed E-state index contributed by atoms with van der Waals surface area (Å²) < 4.78 is 3.47. The summed E-state index contributed by atoms with van der Waals surface area (Å²) in [6.07, 6.45) is 3.75. The molecule has 0 aliphatic heterocycles. The number of benzene rings is 3. The van der Waals surface area contributed by atoms with Crippen LogP contribution in [0.2, 0.25) is 5.02 Å². The monoisotopic (exact) mass is 556 g/mol. The number of rotatable bonds is 10. The van der Waals surface area contributed by atoms with Gasteiger partial charge in [-0.2, -0.15) is 5.21 Å². The van der Waals surface area contributed by atoms with Crippen LogP contribution < -0.4 is 0 Å². The van der Waals surface area contributed by atoms with Crippen LogP contribution in [0.15, 0.2) is 66.7 Å². The molecule has 3 heterocycles. The number of aromatic carboxylic acids is 1. The van der Waals surface area contributed by atoms with Gasteiger partial charge in [-0.25, -0.2) is 9.78 Å². The number of H-pyrrole nitrogens is 1. The van der Waals surface area contributed by atoms with Crippen LogP contribution in [0.25, 0.3) is 21.1 Å². The van der Waals surface area contributed by atoms with Crippen molar-refractivity contribution in [3.63, 3.8) is 0 Å². The number of hydrogen-bond acceptors (Lipinski definition) is 6. The molecule has 2 N–H and O–H groups in total. The van der Waals surface area contributed by atoms with Crippen LogP contribution in [0, 0.1) is 0 Å². The lowest BCUT2D eigenvalue weighted by Gasteiger charge is -2.12. The zero-order valence-corrected chi connectivity index (χ0v) is 22.5. The Kier molecular flexibility index (Phi) is 7.08. The zero-order valence-electron chi connectivity index (χ0n) is 21.0. The normalized spacial score (nSPS) is 11.5. The van der Waals surface area contributed by atoms with Crippen molar-refractivity contribution in [1.82, 2.24) is 30.2 Å². The van der Waals surface area contributed by atoms with E-state index in [1.807, 2.05) is 48.5 Å². The first-order valence-electron chi connectivity index (χ1n) is 12.7. The Hall–Kier alpha value is -4.08. The molecule has 10 heteroatoms.